The molecule has 1 aliphatic carbocycles. The average molecular weight is 351 g/mol. The molecule has 1 aromatic rings. The maximum absolute atomic E-state index is 12.2. The number of H-pyrrole nitrogens is 1. The van der Waals surface area contributed by atoms with Gasteiger partial charge in [-0.1, -0.05) is 0 Å². The molecule has 1 N–H and O–H groups in total. The number of nitrogens with zero attached hydrogens (tertiary/aromatic N) is 2. The van der Waals surface area contributed by atoms with Crippen molar-refractivity contribution >= 4 is 6.09 Å². The van der Waals surface area contributed by atoms with Gasteiger partial charge in [-0.25, -0.2) is 4.79 Å². The number of aromatic amines is 1. The molecule has 3 aliphatic rings. The third kappa shape index (κ3) is 4.45. The van der Waals surface area contributed by atoms with E-state index in [2.05, 4.69) is 5.10 Å². The zero-order valence-electron chi connectivity index (χ0n) is 15.6. The number of nitrogens with one attached hydrogen (secondary N) is 1. The first kappa shape index (κ1) is 18.0. The Hall–Kier alpha value is -1.76. The molecule has 7 heteroatoms. The highest BCUT2D eigenvalue weighted by Gasteiger charge is 2.36. The molecule has 140 valence electrons. The smallest absolute Gasteiger partial charge is 0.410 e. The molecule has 0 radical (unpaired) electrons. The van der Waals surface area contributed by atoms with Crippen molar-refractivity contribution in [2.75, 3.05) is 7.05 Å². The number of aromatic nitrogens is 2. The Kier molecular flexibility index (Phi) is 4.95. The van der Waals surface area contributed by atoms with Gasteiger partial charge in [-0.15, -0.1) is 0 Å². The molecule has 3 heterocycles. The lowest BCUT2D eigenvalue weighted by atomic mass is 9.80. The van der Waals surface area contributed by atoms with Gasteiger partial charge in [0, 0.05) is 13.1 Å². The van der Waals surface area contributed by atoms with E-state index in [1.54, 1.807) is 17.8 Å². The van der Waals surface area contributed by atoms with E-state index in [0.29, 0.717) is 30.8 Å². The Morgan fingerprint density at radius 2 is 2.04 bits per heavy atom. The third-order valence-electron chi connectivity index (χ3n) is 4.93. The van der Waals surface area contributed by atoms with Gasteiger partial charge in [0.15, 0.2) is 0 Å². The molecule has 1 atom stereocenters. The van der Waals surface area contributed by atoms with E-state index in [1.165, 1.54) is 17.7 Å². The van der Waals surface area contributed by atoms with Crippen LogP contribution >= 0.6 is 0 Å². The van der Waals surface area contributed by atoms with Gasteiger partial charge in [0.1, 0.15) is 5.60 Å². The summed E-state index contributed by atoms with van der Waals surface area (Å²) in [6.45, 7) is 6.34. The fourth-order valence-electron chi connectivity index (χ4n) is 3.69. The molecule has 1 saturated carbocycles. The van der Waals surface area contributed by atoms with Crippen LogP contribution in [0.25, 0.3) is 0 Å². The van der Waals surface area contributed by atoms with Crippen LogP contribution in [0.15, 0.2) is 10.9 Å². The Labute approximate surface area is 148 Å². The molecule has 2 aliphatic heterocycles. The topological polar surface area (TPSA) is 76.6 Å². The van der Waals surface area contributed by atoms with Gasteiger partial charge in [-0.05, 0) is 52.4 Å². The minimum Gasteiger partial charge on any atom is -0.444 e. The van der Waals surface area contributed by atoms with E-state index in [-0.39, 0.29) is 11.7 Å². The summed E-state index contributed by atoms with van der Waals surface area (Å²) in [6.07, 6.45) is 4.74. The van der Waals surface area contributed by atoms with Crippen LogP contribution in [0.4, 0.5) is 4.79 Å². The Bertz CT molecular complexity index is 665. The van der Waals surface area contributed by atoms with Crippen molar-refractivity contribution in [1.82, 2.24) is 14.7 Å². The molecular formula is C18H29N3O4. The van der Waals surface area contributed by atoms with E-state index in [9.17, 15) is 9.59 Å². The van der Waals surface area contributed by atoms with E-state index < -0.39 is 11.7 Å². The Morgan fingerprint density at radius 1 is 1.36 bits per heavy atom. The molecule has 2 saturated heterocycles. The summed E-state index contributed by atoms with van der Waals surface area (Å²) in [4.78, 5) is 25.7. The number of carbonyl (C=O) groups is 1. The summed E-state index contributed by atoms with van der Waals surface area (Å²) in [5.74, 6) is 0.549. The first-order chi connectivity index (χ1) is 11.7. The van der Waals surface area contributed by atoms with Gasteiger partial charge in [0.2, 0.25) is 0 Å². The molecule has 0 aromatic carbocycles. The summed E-state index contributed by atoms with van der Waals surface area (Å²) in [7, 11) is 1.66. The highest BCUT2D eigenvalue weighted by atomic mass is 16.6. The van der Waals surface area contributed by atoms with Crippen LogP contribution in [0.5, 0.6) is 0 Å². The maximum atomic E-state index is 12.2. The lowest BCUT2D eigenvalue weighted by Crippen LogP contribution is -2.44. The lowest BCUT2D eigenvalue weighted by Gasteiger charge is -2.42. The number of carbonyl (C=O) groups excluding carboxylic acids is 1. The number of rotatable bonds is 4. The van der Waals surface area contributed by atoms with Gasteiger partial charge in [-0.3, -0.25) is 14.6 Å². The van der Waals surface area contributed by atoms with Gasteiger partial charge in [0.05, 0.1) is 31.0 Å². The summed E-state index contributed by atoms with van der Waals surface area (Å²) in [6, 6.07) is 1.54. The van der Waals surface area contributed by atoms with Gasteiger partial charge in [-0.2, -0.15) is 0 Å². The number of fused-ring (bicyclic) bond motifs is 3. The quantitative estimate of drug-likeness (QED) is 0.904. The van der Waals surface area contributed by atoms with E-state index in [1.807, 2.05) is 20.8 Å². The first-order valence-electron chi connectivity index (χ1n) is 9.09. The highest BCUT2D eigenvalue weighted by molar-refractivity contribution is 5.67. The molecule has 7 nitrogen and oxygen atoms in total. The predicted octanol–water partition coefficient (Wildman–Crippen LogP) is 2.50. The van der Waals surface area contributed by atoms with Gasteiger partial charge < -0.3 is 14.4 Å². The fraction of sp³-hybridized carbons (Fsp3) is 0.778. The Balaban J connectivity index is 1.60. The molecule has 2 bridgehead atoms. The SMILES string of the molecule is CN(Cc1cc(=O)n(CC2OC3CCC2CC3)[nH]1)C(=O)OC(C)(C)C. The minimum atomic E-state index is -0.539. The van der Waals surface area contributed by atoms with Crippen molar-refractivity contribution < 1.29 is 14.3 Å². The number of hydrogen-bond acceptors (Lipinski definition) is 4. The van der Waals surface area contributed by atoms with Crippen LogP contribution < -0.4 is 5.56 Å². The van der Waals surface area contributed by atoms with E-state index >= 15 is 0 Å². The van der Waals surface area contributed by atoms with Crippen LogP contribution in [-0.4, -0.2) is 45.6 Å². The van der Waals surface area contributed by atoms with Gasteiger partial charge in [0.25, 0.3) is 5.56 Å². The number of ether oxygens (including phenoxy) is 2. The molecular weight excluding hydrogens is 322 g/mol. The third-order valence-corrected chi connectivity index (χ3v) is 4.93. The van der Waals surface area contributed by atoms with E-state index in [4.69, 9.17) is 9.47 Å². The first-order valence-corrected chi connectivity index (χ1v) is 9.09. The average Bonchev–Trinajstić information content (AvgIpc) is 2.86. The van der Waals surface area contributed by atoms with Crippen LogP contribution in [0, 0.1) is 5.92 Å². The largest absolute Gasteiger partial charge is 0.444 e. The van der Waals surface area contributed by atoms with Crippen molar-refractivity contribution in [3.8, 4) is 0 Å². The van der Waals surface area contributed by atoms with E-state index in [0.717, 1.165) is 12.8 Å². The van der Waals surface area contributed by atoms with Crippen molar-refractivity contribution in [2.24, 2.45) is 5.92 Å². The second-order valence-corrected chi connectivity index (χ2v) is 8.28. The van der Waals surface area contributed by atoms with Crippen LogP contribution in [0.1, 0.15) is 52.1 Å². The van der Waals surface area contributed by atoms with Crippen LogP contribution in [0.3, 0.4) is 0 Å². The summed E-state index contributed by atoms with van der Waals surface area (Å²) in [5.41, 5.74) is 0.0689. The highest BCUT2D eigenvalue weighted by Crippen LogP contribution is 2.37. The van der Waals surface area contributed by atoms with Crippen molar-refractivity contribution in [3.05, 3.63) is 22.1 Å². The second-order valence-electron chi connectivity index (χ2n) is 8.28. The number of hydrogen-bond donors (Lipinski definition) is 1. The molecule has 25 heavy (non-hydrogen) atoms. The second kappa shape index (κ2) is 6.86. The Morgan fingerprint density at radius 3 is 2.60 bits per heavy atom. The van der Waals surface area contributed by atoms with Crippen LogP contribution in [0.2, 0.25) is 0 Å². The van der Waals surface area contributed by atoms with Crippen molar-refractivity contribution in [1.29, 1.82) is 0 Å². The minimum absolute atomic E-state index is 0.0855. The molecule has 1 aromatic heterocycles. The van der Waals surface area contributed by atoms with Crippen molar-refractivity contribution in [3.63, 3.8) is 0 Å². The molecule has 1 unspecified atom stereocenters. The summed E-state index contributed by atoms with van der Waals surface area (Å²) < 4.78 is 13.0. The lowest BCUT2D eigenvalue weighted by molar-refractivity contribution is -0.131. The molecule has 3 fully saturated rings. The standard InChI is InChI=1S/C18H29N3O4/c1-18(2,3)25-17(23)20(4)10-13-9-16(22)21(19-13)11-15-12-5-7-14(24-15)8-6-12/h9,12,14-15,19H,5-8,10-11H2,1-4H3. The predicted molar refractivity (Wildman–Crippen MR) is 93.4 cm³/mol. The summed E-state index contributed by atoms with van der Waals surface area (Å²) in [5, 5.41) is 3.11. The van der Waals surface area contributed by atoms with Crippen LogP contribution in [-0.2, 0) is 22.6 Å². The zero-order chi connectivity index (χ0) is 18.2. The van der Waals surface area contributed by atoms with Crippen molar-refractivity contribution in [2.45, 2.75) is 77.4 Å². The van der Waals surface area contributed by atoms with Gasteiger partial charge >= 0.3 is 6.09 Å². The fourth-order valence-corrected chi connectivity index (χ4v) is 3.69. The number of amides is 1. The summed E-state index contributed by atoms with van der Waals surface area (Å²) >= 11 is 0. The molecule has 0 spiro atoms. The molecule has 4 rings (SSSR count). The maximum Gasteiger partial charge on any atom is 0.410 e. The normalized spacial score (nSPS) is 25.8. The zero-order valence-corrected chi connectivity index (χ0v) is 15.6. The molecule has 1 amide bonds. The monoisotopic (exact) mass is 351 g/mol.